The van der Waals surface area contributed by atoms with Crippen LogP contribution in [-0.2, 0) is 9.59 Å². The van der Waals surface area contributed by atoms with Crippen molar-refractivity contribution in [1.29, 1.82) is 0 Å². The Morgan fingerprint density at radius 2 is 1.67 bits per heavy atom. The number of ether oxygens (including phenoxy) is 3. The molecule has 1 amide bonds. The highest BCUT2D eigenvalue weighted by molar-refractivity contribution is 6.51. The van der Waals surface area contributed by atoms with Gasteiger partial charge in [-0.05, 0) is 59.5 Å². The Kier molecular flexibility index (Phi) is 6.95. The third-order valence-corrected chi connectivity index (χ3v) is 7.10. The average Bonchev–Trinajstić information content (AvgIpc) is 3.21. The van der Waals surface area contributed by atoms with Gasteiger partial charge >= 0.3 is 0 Å². The standard InChI is InChI=1S/C31H32N2O6/c1-18(2)23-16-20(8-12-24(23)37-5)29(34)27-28(19-6-9-21(10-7-19)32(3)4)33(31(36)30(27)35)22-11-13-25-26(17-22)39-15-14-38-25/h6-13,16-18,28,34H,14-15H2,1-5H3/b29-27+. The molecule has 8 heteroatoms. The fraction of sp³-hybridized carbons (Fsp3) is 0.290. The average molecular weight is 529 g/mol. The first-order valence-electron chi connectivity index (χ1n) is 12.9. The van der Waals surface area contributed by atoms with Gasteiger partial charge in [-0.1, -0.05) is 26.0 Å². The second-order valence-electron chi connectivity index (χ2n) is 10.1. The summed E-state index contributed by atoms with van der Waals surface area (Å²) in [6.07, 6.45) is 0. The van der Waals surface area contributed by atoms with Crippen LogP contribution in [0.25, 0.3) is 5.76 Å². The van der Waals surface area contributed by atoms with Gasteiger partial charge in [-0.3, -0.25) is 14.5 Å². The van der Waals surface area contributed by atoms with Crippen LogP contribution < -0.4 is 24.0 Å². The molecule has 0 spiro atoms. The summed E-state index contributed by atoms with van der Waals surface area (Å²) in [5, 5.41) is 11.6. The summed E-state index contributed by atoms with van der Waals surface area (Å²) in [7, 11) is 5.47. The summed E-state index contributed by atoms with van der Waals surface area (Å²) in [6, 6.07) is 17.2. The lowest BCUT2D eigenvalue weighted by Crippen LogP contribution is -2.29. The molecule has 0 radical (unpaired) electrons. The van der Waals surface area contributed by atoms with Gasteiger partial charge in [0, 0.05) is 37.1 Å². The Hall–Kier alpha value is -4.46. The number of rotatable bonds is 6. The van der Waals surface area contributed by atoms with E-state index in [0.29, 0.717) is 47.3 Å². The van der Waals surface area contributed by atoms with Crippen LogP contribution in [0.5, 0.6) is 17.2 Å². The fourth-order valence-corrected chi connectivity index (χ4v) is 5.04. The van der Waals surface area contributed by atoms with Crippen LogP contribution in [0.1, 0.15) is 42.5 Å². The van der Waals surface area contributed by atoms with E-state index in [4.69, 9.17) is 14.2 Å². The van der Waals surface area contributed by atoms with E-state index in [1.807, 2.05) is 63.2 Å². The second kappa shape index (κ2) is 10.4. The minimum atomic E-state index is -0.853. The molecule has 0 bridgehead atoms. The molecule has 2 heterocycles. The molecule has 0 aromatic heterocycles. The highest BCUT2D eigenvalue weighted by Crippen LogP contribution is 2.45. The van der Waals surface area contributed by atoms with Crippen LogP contribution >= 0.6 is 0 Å². The third kappa shape index (κ3) is 4.67. The number of nitrogens with zero attached hydrogens (tertiary/aromatic N) is 2. The van der Waals surface area contributed by atoms with E-state index >= 15 is 0 Å². The van der Waals surface area contributed by atoms with E-state index in [0.717, 1.165) is 11.3 Å². The normalized spacial score (nSPS) is 18.0. The zero-order valence-electron chi connectivity index (χ0n) is 22.7. The number of carbonyl (C=O) groups excluding carboxylic acids is 2. The van der Waals surface area contributed by atoms with Crippen molar-refractivity contribution in [2.24, 2.45) is 0 Å². The van der Waals surface area contributed by atoms with Gasteiger partial charge in [0.2, 0.25) is 0 Å². The van der Waals surface area contributed by atoms with Crippen LogP contribution in [0.15, 0.2) is 66.2 Å². The van der Waals surface area contributed by atoms with E-state index in [9.17, 15) is 14.7 Å². The molecule has 8 nitrogen and oxygen atoms in total. The topological polar surface area (TPSA) is 88.5 Å². The van der Waals surface area contributed by atoms with Crippen LogP contribution in [0.3, 0.4) is 0 Å². The first-order valence-corrected chi connectivity index (χ1v) is 12.9. The molecular weight excluding hydrogens is 496 g/mol. The predicted molar refractivity (Wildman–Crippen MR) is 150 cm³/mol. The number of hydrogen-bond acceptors (Lipinski definition) is 7. The summed E-state index contributed by atoms with van der Waals surface area (Å²) < 4.78 is 16.9. The molecule has 202 valence electrons. The maximum Gasteiger partial charge on any atom is 0.300 e. The van der Waals surface area contributed by atoms with E-state index in [-0.39, 0.29) is 17.3 Å². The molecule has 5 rings (SSSR count). The van der Waals surface area contributed by atoms with Crippen molar-refractivity contribution < 1.29 is 28.9 Å². The van der Waals surface area contributed by atoms with E-state index in [2.05, 4.69) is 0 Å². The molecule has 1 fully saturated rings. The van der Waals surface area contributed by atoms with Gasteiger partial charge < -0.3 is 24.2 Å². The van der Waals surface area contributed by atoms with Crippen molar-refractivity contribution in [2.45, 2.75) is 25.8 Å². The number of aliphatic hydroxyl groups is 1. The molecule has 0 saturated carbocycles. The lowest BCUT2D eigenvalue weighted by molar-refractivity contribution is -0.132. The first kappa shape index (κ1) is 26.2. The summed E-state index contributed by atoms with van der Waals surface area (Å²) in [5.41, 5.74) is 3.47. The number of ketones is 1. The summed E-state index contributed by atoms with van der Waals surface area (Å²) in [4.78, 5) is 30.6. The van der Waals surface area contributed by atoms with Gasteiger partial charge in [-0.15, -0.1) is 0 Å². The number of amides is 1. The molecule has 1 atom stereocenters. The molecular formula is C31H32N2O6. The molecule has 1 unspecified atom stereocenters. The van der Waals surface area contributed by atoms with Crippen molar-refractivity contribution in [3.8, 4) is 17.2 Å². The molecule has 3 aromatic rings. The number of methoxy groups -OCH3 is 1. The molecule has 2 aliphatic rings. The Morgan fingerprint density at radius 3 is 2.31 bits per heavy atom. The SMILES string of the molecule is COc1ccc(/C(O)=C2\C(=O)C(=O)N(c3ccc4c(c3)OCCO4)C2c2ccc(N(C)C)cc2)cc1C(C)C. The minimum absolute atomic E-state index is 0.0207. The maximum absolute atomic E-state index is 13.6. The molecule has 0 aliphatic carbocycles. The number of benzene rings is 3. The van der Waals surface area contributed by atoms with Crippen molar-refractivity contribution in [3.05, 3.63) is 82.9 Å². The van der Waals surface area contributed by atoms with Crippen LogP contribution in [0.2, 0.25) is 0 Å². The maximum atomic E-state index is 13.6. The van der Waals surface area contributed by atoms with Gasteiger partial charge in [0.15, 0.2) is 11.5 Å². The van der Waals surface area contributed by atoms with Gasteiger partial charge in [-0.25, -0.2) is 0 Å². The van der Waals surface area contributed by atoms with Gasteiger partial charge in [0.25, 0.3) is 11.7 Å². The number of fused-ring (bicyclic) bond motifs is 1. The highest BCUT2D eigenvalue weighted by atomic mass is 16.6. The monoisotopic (exact) mass is 528 g/mol. The molecule has 1 N–H and O–H groups in total. The lowest BCUT2D eigenvalue weighted by Gasteiger charge is -2.27. The van der Waals surface area contributed by atoms with Crippen molar-refractivity contribution in [3.63, 3.8) is 0 Å². The van der Waals surface area contributed by atoms with Gasteiger partial charge in [0.1, 0.15) is 24.7 Å². The number of anilines is 2. The van der Waals surface area contributed by atoms with Crippen molar-refractivity contribution in [1.82, 2.24) is 0 Å². The zero-order chi connectivity index (χ0) is 27.8. The van der Waals surface area contributed by atoms with Crippen LogP contribution in [0.4, 0.5) is 11.4 Å². The number of aliphatic hydroxyl groups excluding tert-OH is 1. The Labute approximate surface area is 228 Å². The number of carbonyl (C=O) groups is 2. The smallest absolute Gasteiger partial charge is 0.300 e. The third-order valence-electron chi connectivity index (χ3n) is 7.10. The number of Topliss-reactive ketones (excluding diaryl/α,β-unsaturated/α-hetero) is 1. The van der Waals surface area contributed by atoms with Crippen LogP contribution in [0, 0.1) is 0 Å². The quantitative estimate of drug-likeness (QED) is 0.264. The van der Waals surface area contributed by atoms with Crippen molar-refractivity contribution >= 4 is 28.8 Å². The predicted octanol–water partition coefficient (Wildman–Crippen LogP) is 5.28. The first-order chi connectivity index (χ1) is 18.7. The largest absolute Gasteiger partial charge is 0.507 e. The van der Waals surface area contributed by atoms with E-state index in [1.165, 1.54) is 4.90 Å². The van der Waals surface area contributed by atoms with Gasteiger partial charge in [-0.2, -0.15) is 0 Å². The Bertz CT molecular complexity index is 1460. The lowest BCUT2D eigenvalue weighted by atomic mass is 9.93. The molecule has 39 heavy (non-hydrogen) atoms. The summed E-state index contributed by atoms with van der Waals surface area (Å²) >= 11 is 0. The molecule has 1 saturated heterocycles. The van der Waals surface area contributed by atoms with Crippen molar-refractivity contribution in [2.75, 3.05) is 44.2 Å². The molecule has 2 aliphatic heterocycles. The van der Waals surface area contributed by atoms with E-state index < -0.39 is 17.7 Å². The zero-order valence-corrected chi connectivity index (χ0v) is 22.7. The second-order valence-corrected chi connectivity index (χ2v) is 10.1. The van der Waals surface area contributed by atoms with E-state index in [1.54, 1.807) is 37.4 Å². The fourth-order valence-electron chi connectivity index (χ4n) is 5.04. The van der Waals surface area contributed by atoms with Gasteiger partial charge in [0.05, 0.1) is 18.7 Å². The summed E-state index contributed by atoms with van der Waals surface area (Å²) in [5.74, 6) is 0.154. The Balaban J connectivity index is 1.69. The van der Waals surface area contributed by atoms with Crippen LogP contribution in [-0.4, -0.2) is 51.2 Å². The summed E-state index contributed by atoms with van der Waals surface area (Å²) in [6.45, 7) is 4.87. The number of hydrogen-bond donors (Lipinski definition) is 1. The minimum Gasteiger partial charge on any atom is -0.507 e. The molecule has 3 aromatic carbocycles. The highest BCUT2D eigenvalue weighted by Gasteiger charge is 2.47. The Morgan fingerprint density at radius 1 is 0.974 bits per heavy atom.